The van der Waals surface area contributed by atoms with E-state index in [1.165, 1.54) is 18.2 Å². The van der Waals surface area contributed by atoms with Gasteiger partial charge < -0.3 is 9.88 Å². The molecule has 8 nitrogen and oxygen atoms in total. The molecule has 0 unspecified atom stereocenters. The molecule has 0 aromatic carbocycles. The van der Waals surface area contributed by atoms with Crippen LogP contribution in [0.3, 0.4) is 0 Å². The van der Waals surface area contributed by atoms with Gasteiger partial charge in [-0.3, -0.25) is 15.1 Å². The molecule has 144 valence electrons. The second-order valence-electron chi connectivity index (χ2n) is 6.78. The van der Waals surface area contributed by atoms with Crippen LogP contribution in [0.25, 0.3) is 11.4 Å². The highest BCUT2D eigenvalue weighted by molar-refractivity contribution is 7.99. The van der Waals surface area contributed by atoms with Gasteiger partial charge in [0.05, 0.1) is 5.75 Å². The predicted octanol–water partition coefficient (Wildman–Crippen LogP) is 2.37. The largest absolute Gasteiger partial charge is 0.335 e. The molecular weight excluding hydrogens is 364 g/mol. The Morgan fingerprint density at radius 3 is 2.70 bits per heavy atom. The summed E-state index contributed by atoms with van der Waals surface area (Å²) < 4.78 is 1.82. The number of rotatable bonds is 5. The Hall–Kier alpha value is -2.42. The highest BCUT2D eigenvalue weighted by Crippen LogP contribution is 2.24. The molecule has 2 N–H and O–H groups in total. The summed E-state index contributed by atoms with van der Waals surface area (Å²) in [5.41, 5.74) is 0.900. The van der Waals surface area contributed by atoms with Crippen molar-refractivity contribution in [1.82, 2.24) is 30.4 Å². The first-order chi connectivity index (χ1) is 13.0. The summed E-state index contributed by atoms with van der Waals surface area (Å²) in [6, 6.07) is 3.42. The summed E-state index contributed by atoms with van der Waals surface area (Å²) in [6.07, 6.45) is 7.78. The summed E-state index contributed by atoms with van der Waals surface area (Å²) in [7, 11) is 1.84. The molecule has 2 heterocycles. The topological polar surface area (TPSA) is 102 Å². The lowest BCUT2D eigenvalue weighted by atomic mass is 9.86. The number of carbonyl (C=O) groups excluding carboxylic acids is 2. The second kappa shape index (κ2) is 8.98. The summed E-state index contributed by atoms with van der Waals surface area (Å²) in [5, 5.41) is 14.2. The van der Waals surface area contributed by atoms with Crippen LogP contribution >= 0.6 is 11.8 Å². The third-order valence-electron chi connectivity index (χ3n) is 4.79. The van der Waals surface area contributed by atoms with E-state index in [0.717, 1.165) is 24.8 Å². The average molecular weight is 388 g/mol. The third kappa shape index (κ3) is 5.06. The molecule has 0 spiro atoms. The minimum Gasteiger partial charge on any atom is -0.335 e. The van der Waals surface area contributed by atoms with Gasteiger partial charge in [0.15, 0.2) is 11.0 Å². The zero-order valence-corrected chi connectivity index (χ0v) is 16.3. The molecule has 1 aliphatic rings. The maximum absolute atomic E-state index is 12.1. The van der Waals surface area contributed by atoms with E-state index in [0.29, 0.717) is 16.9 Å². The van der Waals surface area contributed by atoms with Crippen LogP contribution in [0, 0.1) is 5.92 Å². The van der Waals surface area contributed by atoms with E-state index in [-0.39, 0.29) is 17.7 Å². The number of nitrogens with zero attached hydrogens (tertiary/aromatic N) is 4. The Labute approximate surface area is 162 Å². The molecule has 27 heavy (non-hydrogen) atoms. The van der Waals surface area contributed by atoms with E-state index in [1.807, 2.05) is 23.7 Å². The zero-order chi connectivity index (χ0) is 19.2. The lowest BCUT2D eigenvalue weighted by molar-refractivity contribution is -0.117. The Kier molecular flexibility index (Phi) is 6.44. The number of amides is 3. The summed E-state index contributed by atoms with van der Waals surface area (Å²) >= 11 is 1.24. The molecule has 0 bridgehead atoms. The van der Waals surface area contributed by atoms with Crippen molar-refractivity contribution in [2.75, 3.05) is 5.75 Å². The van der Waals surface area contributed by atoms with Gasteiger partial charge in [-0.15, -0.1) is 10.2 Å². The maximum atomic E-state index is 12.1. The molecular formula is C18H24N6O2S. The van der Waals surface area contributed by atoms with Crippen molar-refractivity contribution in [2.45, 2.75) is 43.8 Å². The van der Waals surface area contributed by atoms with Crippen molar-refractivity contribution < 1.29 is 9.59 Å². The number of thioether (sulfide) groups is 1. The Morgan fingerprint density at radius 2 is 1.96 bits per heavy atom. The van der Waals surface area contributed by atoms with Gasteiger partial charge in [0, 0.05) is 31.0 Å². The highest BCUT2D eigenvalue weighted by Gasteiger charge is 2.23. The van der Waals surface area contributed by atoms with Gasteiger partial charge in [0.1, 0.15) is 0 Å². The molecule has 0 radical (unpaired) electrons. The Balaban J connectivity index is 1.49. The van der Waals surface area contributed by atoms with Crippen molar-refractivity contribution >= 4 is 23.7 Å². The summed E-state index contributed by atoms with van der Waals surface area (Å²) in [6.45, 7) is 2.14. The first kappa shape index (κ1) is 19.3. The number of nitrogens with one attached hydrogen (secondary N) is 2. The molecule has 1 saturated carbocycles. The van der Waals surface area contributed by atoms with Crippen LogP contribution in [-0.2, 0) is 11.8 Å². The van der Waals surface area contributed by atoms with E-state index in [4.69, 9.17) is 0 Å². The lowest BCUT2D eigenvalue weighted by Gasteiger charge is -2.29. The average Bonchev–Trinajstić information content (AvgIpc) is 3.03. The number of pyridine rings is 1. The molecule has 2 aromatic rings. The first-order valence-corrected chi connectivity index (χ1v) is 10.1. The van der Waals surface area contributed by atoms with Gasteiger partial charge in [0.25, 0.3) is 0 Å². The van der Waals surface area contributed by atoms with E-state index in [2.05, 4.69) is 32.7 Å². The second-order valence-corrected chi connectivity index (χ2v) is 7.72. The Bertz CT molecular complexity index is 794. The highest BCUT2D eigenvalue weighted by atomic mass is 32.2. The zero-order valence-electron chi connectivity index (χ0n) is 15.5. The third-order valence-corrected chi connectivity index (χ3v) is 5.81. The normalized spacial score (nSPS) is 19.5. The minimum absolute atomic E-state index is 0.0932. The standard InChI is InChI=1S/C18H24N6O2S/c1-12-5-3-4-6-14(12)20-17(26)21-15(25)11-27-18-23-22-16(24(18)2)13-7-9-19-10-8-13/h7-10,12,14H,3-6,11H2,1-2H3,(H2,20,21,25,26)/t12-,14+/m1/s1. The summed E-state index contributed by atoms with van der Waals surface area (Å²) in [5.74, 6) is 0.883. The molecule has 0 aliphatic heterocycles. The van der Waals surface area contributed by atoms with E-state index in [1.54, 1.807) is 12.4 Å². The fourth-order valence-corrected chi connectivity index (χ4v) is 3.93. The van der Waals surface area contributed by atoms with Crippen molar-refractivity contribution in [3.8, 4) is 11.4 Å². The van der Waals surface area contributed by atoms with Crippen molar-refractivity contribution in [3.63, 3.8) is 0 Å². The molecule has 9 heteroatoms. The lowest BCUT2D eigenvalue weighted by Crippen LogP contribution is -2.48. The van der Waals surface area contributed by atoms with Gasteiger partial charge >= 0.3 is 6.03 Å². The van der Waals surface area contributed by atoms with Gasteiger partial charge in [-0.05, 0) is 30.9 Å². The molecule has 0 saturated heterocycles. The maximum Gasteiger partial charge on any atom is 0.321 e. The van der Waals surface area contributed by atoms with Crippen LogP contribution < -0.4 is 10.6 Å². The molecule has 1 aliphatic carbocycles. The smallest absolute Gasteiger partial charge is 0.321 e. The van der Waals surface area contributed by atoms with E-state index >= 15 is 0 Å². The molecule has 2 atom stereocenters. The molecule has 1 fully saturated rings. The van der Waals surface area contributed by atoms with E-state index < -0.39 is 6.03 Å². The van der Waals surface area contributed by atoms with Crippen molar-refractivity contribution in [3.05, 3.63) is 24.5 Å². The molecule has 3 amide bonds. The molecule has 2 aromatic heterocycles. The van der Waals surface area contributed by atoms with Crippen LogP contribution in [0.15, 0.2) is 29.7 Å². The summed E-state index contributed by atoms with van der Waals surface area (Å²) in [4.78, 5) is 28.1. The number of aromatic nitrogens is 4. The SMILES string of the molecule is C[C@@H]1CCCC[C@@H]1NC(=O)NC(=O)CSc1nnc(-c2ccncc2)n1C. The van der Waals surface area contributed by atoms with Crippen molar-refractivity contribution in [2.24, 2.45) is 13.0 Å². The molecule has 3 rings (SSSR count). The fourth-order valence-electron chi connectivity index (χ4n) is 3.22. The predicted molar refractivity (Wildman–Crippen MR) is 103 cm³/mol. The van der Waals surface area contributed by atoms with Crippen LogP contribution in [-0.4, -0.2) is 43.5 Å². The van der Waals surface area contributed by atoms with Gasteiger partial charge in [-0.1, -0.05) is 31.5 Å². The van der Waals surface area contributed by atoms with Gasteiger partial charge in [0.2, 0.25) is 5.91 Å². The van der Waals surface area contributed by atoms with Crippen molar-refractivity contribution in [1.29, 1.82) is 0 Å². The minimum atomic E-state index is -0.421. The monoisotopic (exact) mass is 388 g/mol. The number of carbonyl (C=O) groups is 2. The van der Waals surface area contributed by atoms with Crippen LogP contribution in [0.4, 0.5) is 4.79 Å². The number of imide groups is 1. The van der Waals surface area contributed by atoms with Gasteiger partial charge in [-0.25, -0.2) is 4.79 Å². The van der Waals surface area contributed by atoms with Crippen LogP contribution in [0.5, 0.6) is 0 Å². The first-order valence-electron chi connectivity index (χ1n) is 9.07. The number of hydrogen-bond donors (Lipinski definition) is 2. The Morgan fingerprint density at radius 1 is 1.22 bits per heavy atom. The van der Waals surface area contributed by atoms with Crippen LogP contribution in [0.1, 0.15) is 32.6 Å². The fraction of sp³-hybridized carbons (Fsp3) is 0.500. The number of hydrogen-bond acceptors (Lipinski definition) is 6. The van der Waals surface area contributed by atoms with E-state index in [9.17, 15) is 9.59 Å². The number of urea groups is 1. The van der Waals surface area contributed by atoms with Gasteiger partial charge in [-0.2, -0.15) is 0 Å². The van der Waals surface area contributed by atoms with Crippen LogP contribution in [0.2, 0.25) is 0 Å². The quantitative estimate of drug-likeness (QED) is 0.763.